The number of nitrogen functional groups attached to an aromatic ring is 1. The average molecular weight is 659 g/mol. The van der Waals surface area contributed by atoms with Crippen LogP contribution < -0.4 is 15.8 Å². The van der Waals surface area contributed by atoms with Crippen LogP contribution >= 0.6 is 0 Å². The fourth-order valence-corrected chi connectivity index (χ4v) is 5.33. The first-order chi connectivity index (χ1) is 22.0. The Morgan fingerprint density at radius 1 is 1.02 bits per heavy atom. The molecule has 16 nitrogen and oxygen atoms in total. The first kappa shape index (κ1) is 34.5. The zero-order valence-electron chi connectivity index (χ0n) is 25.5. The lowest BCUT2D eigenvalue weighted by atomic mass is 10.1. The Kier molecular flexibility index (Phi) is 11.4. The van der Waals surface area contributed by atoms with E-state index >= 15 is 0 Å². The van der Waals surface area contributed by atoms with E-state index in [1.165, 1.54) is 54.8 Å². The number of aliphatic hydroxyl groups is 2. The fourth-order valence-electron chi connectivity index (χ4n) is 4.62. The number of aromatic hydroxyl groups is 1. The highest BCUT2D eigenvalue weighted by Crippen LogP contribution is 2.33. The fraction of sp³-hybridized carbons (Fsp3) is 0.379. The Morgan fingerprint density at radius 2 is 1.67 bits per heavy atom. The molecule has 1 aliphatic rings. The van der Waals surface area contributed by atoms with E-state index in [1.54, 1.807) is 16.9 Å². The van der Waals surface area contributed by atoms with Gasteiger partial charge in [-0.2, -0.15) is 18.4 Å². The molecular formula is C29H38N8O8S. The van der Waals surface area contributed by atoms with Crippen molar-refractivity contribution in [3.05, 3.63) is 66.5 Å². The molecule has 4 aromatic rings. The average Bonchev–Trinajstić information content (AvgIpc) is 3.58. The predicted molar refractivity (Wildman–Crippen MR) is 169 cm³/mol. The number of hydrogen-bond donors (Lipinski definition) is 6. The Labute approximate surface area is 266 Å². The van der Waals surface area contributed by atoms with Crippen LogP contribution in [0.4, 0.5) is 17.5 Å². The van der Waals surface area contributed by atoms with E-state index in [0.29, 0.717) is 5.69 Å². The number of hydrogen-bond acceptors (Lipinski definition) is 14. The van der Waals surface area contributed by atoms with Gasteiger partial charge in [0.15, 0.2) is 17.7 Å². The zero-order chi connectivity index (χ0) is 33.4. The van der Waals surface area contributed by atoms with Crippen LogP contribution in [0.3, 0.4) is 0 Å². The van der Waals surface area contributed by atoms with E-state index in [-0.39, 0.29) is 28.5 Å². The van der Waals surface area contributed by atoms with Crippen molar-refractivity contribution in [2.24, 2.45) is 0 Å². The quantitative estimate of drug-likeness (QED) is 0.134. The maximum atomic E-state index is 12.3. The summed E-state index contributed by atoms with van der Waals surface area (Å²) in [5, 5.41) is 33.9. The van der Waals surface area contributed by atoms with Crippen LogP contribution in [0.2, 0.25) is 0 Å². The van der Waals surface area contributed by atoms with Gasteiger partial charge >= 0.3 is 10.3 Å². The molecule has 7 N–H and O–H groups in total. The van der Waals surface area contributed by atoms with Gasteiger partial charge in [0.25, 0.3) is 5.91 Å². The van der Waals surface area contributed by atoms with E-state index in [2.05, 4.69) is 45.9 Å². The molecule has 1 amide bonds. The molecule has 1 saturated heterocycles. The monoisotopic (exact) mass is 658 g/mol. The summed E-state index contributed by atoms with van der Waals surface area (Å²) in [6, 6.07) is 14.4. The van der Waals surface area contributed by atoms with Crippen molar-refractivity contribution in [1.29, 1.82) is 0 Å². The highest BCUT2D eigenvalue weighted by molar-refractivity contribution is 7.85. The summed E-state index contributed by atoms with van der Waals surface area (Å²) >= 11 is 0. The number of amides is 1. The number of anilines is 3. The van der Waals surface area contributed by atoms with Crippen molar-refractivity contribution >= 4 is 44.8 Å². The molecule has 1 aliphatic heterocycles. The SMILES string of the molecule is CCN(CC)CC.Nc1nc(Nc2ccccc2)nc2c1ncn2[C@@H]1O[C@H](COS(=O)(=O)NC(=O)c2ccccc2O)[C@@H](O)[C@H]1O. The molecule has 5 rings (SSSR count). The van der Waals surface area contributed by atoms with Crippen LogP contribution in [0.25, 0.3) is 11.2 Å². The van der Waals surface area contributed by atoms with Gasteiger partial charge in [0.1, 0.15) is 29.6 Å². The summed E-state index contributed by atoms with van der Waals surface area (Å²) in [5.74, 6) is -1.35. The minimum absolute atomic E-state index is 0.0522. The number of aromatic nitrogens is 4. The van der Waals surface area contributed by atoms with Crippen molar-refractivity contribution in [1.82, 2.24) is 29.1 Å². The molecule has 2 aromatic heterocycles. The smallest absolute Gasteiger partial charge is 0.362 e. The maximum absolute atomic E-state index is 12.3. The van der Waals surface area contributed by atoms with Crippen LogP contribution in [0, 0.1) is 0 Å². The van der Waals surface area contributed by atoms with Crippen LogP contribution in [0.15, 0.2) is 60.9 Å². The van der Waals surface area contributed by atoms with E-state index in [1.807, 2.05) is 18.2 Å². The Morgan fingerprint density at radius 3 is 2.30 bits per heavy atom. The Hall–Kier alpha value is -4.39. The number of nitrogens with one attached hydrogen (secondary N) is 2. The number of nitrogens with two attached hydrogens (primary N) is 1. The molecule has 0 saturated carbocycles. The number of aliphatic hydroxyl groups excluding tert-OH is 2. The molecular weight excluding hydrogens is 620 g/mol. The number of ether oxygens (including phenoxy) is 1. The summed E-state index contributed by atoms with van der Waals surface area (Å²) in [6.07, 6.45) is -4.37. The molecule has 0 spiro atoms. The summed E-state index contributed by atoms with van der Waals surface area (Å²) in [5.41, 5.74) is 6.85. The number of fused-ring (bicyclic) bond motifs is 1. The van der Waals surface area contributed by atoms with Crippen LogP contribution in [0.1, 0.15) is 37.4 Å². The van der Waals surface area contributed by atoms with Gasteiger partial charge in [-0.1, -0.05) is 51.1 Å². The minimum Gasteiger partial charge on any atom is -0.507 e. The highest BCUT2D eigenvalue weighted by Gasteiger charge is 2.45. The summed E-state index contributed by atoms with van der Waals surface area (Å²) in [6.45, 7) is 9.38. The Bertz CT molecular complexity index is 1710. The molecule has 3 heterocycles. The van der Waals surface area contributed by atoms with Gasteiger partial charge in [-0.05, 0) is 43.9 Å². The zero-order valence-corrected chi connectivity index (χ0v) is 26.3. The molecule has 2 aromatic carbocycles. The van der Waals surface area contributed by atoms with Gasteiger partial charge in [0, 0.05) is 5.69 Å². The second kappa shape index (κ2) is 15.3. The van der Waals surface area contributed by atoms with E-state index in [0.717, 1.165) is 0 Å². The second-order valence-electron chi connectivity index (χ2n) is 10.1. The van der Waals surface area contributed by atoms with E-state index < -0.39 is 53.1 Å². The van der Waals surface area contributed by atoms with E-state index in [4.69, 9.17) is 14.7 Å². The van der Waals surface area contributed by atoms with Crippen LogP contribution in [0.5, 0.6) is 5.75 Å². The molecule has 1 fully saturated rings. The first-order valence-electron chi connectivity index (χ1n) is 14.5. The molecule has 0 aliphatic carbocycles. The summed E-state index contributed by atoms with van der Waals surface area (Å²) in [7, 11) is -4.67. The van der Waals surface area contributed by atoms with Crippen molar-refractivity contribution < 1.29 is 37.5 Å². The second-order valence-corrected chi connectivity index (χ2v) is 11.4. The number of phenols is 1. The van der Waals surface area contributed by atoms with Gasteiger partial charge in [-0.15, -0.1) is 0 Å². The lowest BCUT2D eigenvalue weighted by Crippen LogP contribution is -2.37. The minimum atomic E-state index is -4.67. The van der Waals surface area contributed by atoms with Gasteiger partial charge in [-0.3, -0.25) is 13.5 Å². The lowest BCUT2D eigenvalue weighted by Gasteiger charge is -2.17. The molecule has 4 atom stereocenters. The van der Waals surface area contributed by atoms with Crippen molar-refractivity contribution in [3.63, 3.8) is 0 Å². The number of benzene rings is 2. The van der Waals surface area contributed by atoms with Crippen LogP contribution in [-0.2, 0) is 19.2 Å². The van der Waals surface area contributed by atoms with Crippen molar-refractivity contribution in [2.75, 3.05) is 37.3 Å². The van der Waals surface area contributed by atoms with Gasteiger partial charge in [0.05, 0.1) is 18.5 Å². The topological polar surface area (TPSA) is 227 Å². The molecule has 0 radical (unpaired) electrons. The van der Waals surface area contributed by atoms with E-state index in [9.17, 15) is 28.5 Å². The largest absolute Gasteiger partial charge is 0.507 e. The predicted octanol–water partition coefficient (Wildman–Crippen LogP) is 1.52. The highest BCUT2D eigenvalue weighted by atomic mass is 32.2. The number of imidazole rings is 1. The molecule has 46 heavy (non-hydrogen) atoms. The summed E-state index contributed by atoms with van der Waals surface area (Å²) in [4.78, 5) is 27.3. The van der Waals surface area contributed by atoms with Gasteiger partial charge in [-0.25, -0.2) is 9.71 Å². The number of para-hydroxylation sites is 2. The number of phenolic OH excluding ortho intramolecular Hbond substituents is 1. The van der Waals surface area contributed by atoms with Crippen molar-refractivity contribution in [3.8, 4) is 5.75 Å². The third-order valence-electron chi connectivity index (χ3n) is 7.19. The van der Waals surface area contributed by atoms with Gasteiger partial charge in [0.2, 0.25) is 5.95 Å². The standard InChI is InChI=1S/C23H23N7O8S.C6H15N/c24-19-16-20(28-23(27-19)26-12-6-2-1-3-7-12)30(11-25-16)22-18(33)17(32)15(38-22)10-37-39(35,36)29-21(34)13-8-4-5-9-14(13)31;1-4-7(5-2)6-3/h1-9,11,15,17-18,22,31-33H,10H2,(H,29,34)(H3,24,26,27,28);4-6H2,1-3H3/t15-,17-,18-,22-;/m1./s1. The molecule has 0 unspecified atom stereocenters. The summed E-state index contributed by atoms with van der Waals surface area (Å²) < 4.78 is 38.1. The maximum Gasteiger partial charge on any atom is 0.362 e. The first-order valence-corrected chi connectivity index (χ1v) is 15.9. The third-order valence-corrected chi connectivity index (χ3v) is 8.07. The third kappa shape index (κ3) is 8.25. The lowest BCUT2D eigenvalue weighted by molar-refractivity contribution is -0.0468. The number of carbonyl (C=O) groups is 1. The number of rotatable bonds is 11. The number of nitrogens with zero attached hydrogens (tertiary/aromatic N) is 5. The number of carbonyl (C=O) groups excluding carboxylic acids is 1. The Balaban J connectivity index is 0.000000617. The molecule has 248 valence electrons. The van der Waals surface area contributed by atoms with Crippen molar-refractivity contribution in [2.45, 2.75) is 45.3 Å². The van der Waals surface area contributed by atoms with Crippen LogP contribution in [-0.4, -0.2) is 98.6 Å². The van der Waals surface area contributed by atoms with Gasteiger partial charge < -0.3 is 36.0 Å². The molecule has 17 heteroatoms. The molecule has 0 bridgehead atoms. The normalized spacial score (nSPS) is 19.5.